The Bertz CT molecular complexity index is 1060. The van der Waals surface area contributed by atoms with Gasteiger partial charge in [0.2, 0.25) is 5.91 Å². The quantitative estimate of drug-likeness (QED) is 0.608. The number of aliphatic hydroxyl groups is 1. The molecule has 33 heavy (non-hydrogen) atoms. The van der Waals surface area contributed by atoms with E-state index >= 15 is 0 Å². The van der Waals surface area contributed by atoms with E-state index in [1.165, 1.54) is 40.4 Å². The highest BCUT2D eigenvalue weighted by molar-refractivity contribution is 6.01. The van der Waals surface area contributed by atoms with E-state index in [4.69, 9.17) is 0 Å². The van der Waals surface area contributed by atoms with Crippen LogP contribution in [0.15, 0.2) is 12.3 Å². The number of aromatic nitrogens is 1. The summed E-state index contributed by atoms with van der Waals surface area (Å²) in [6.45, 7) is 16.0. The van der Waals surface area contributed by atoms with Crippen LogP contribution >= 0.6 is 0 Å². The molecule has 0 radical (unpaired) electrons. The largest absolute Gasteiger partial charge is 0.394 e. The van der Waals surface area contributed by atoms with Gasteiger partial charge in [-0.25, -0.2) is 0 Å². The Labute approximate surface area is 199 Å². The number of likely N-dealkylation sites (N-methyl/N-ethyl adjacent to an activating group) is 1. The third-order valence-electron chi connectivity index (χ3n) is 9.22. The lowest BCUT2D eigenvalue weighted by Gasteiger charge is -2.48. The Morgan fingerprint density at radius 1 is 1.21 bits per heavy atom. The number of rotatable bonds is 4. The molecule has 2 aliphatic rings. The van der Waals surface area contributed by atoms with Gasteiger partial charge in [0, 0.05) is 24.3 Å². The van der Waals surface area contributed by atoms with Crippen LogP contribution in [-0.4, -0.2) is 41.7 Å². The number of carbonyl (C=O) groups excluding carboxylic acids is 1. The Morgan fingerprint density at radius 3 is 2.48 bits per heavy atom. The van der Waals surface area contributed by atoms with Gasteiger partial charge in [0.25, 0.3) is 0 Å². The normalized spacial score (nSPS) is 30.3. The molecule has 0 bridgehead atoms. The van der Waals surface area contributed by atoms with E-state index < -0.39 is 0 Å². The van der Waals surface area contributed by atoms with Crippen molar-refractivity contribution in [2.24, 2.45) is 11.8 Å². The fraction of sp³-hybridized carbons (Fsp3) is 0.679. The SMILES string of the molecule is CC[C@@]1(C)CC[C@](C)(C(C)C)c2cc3c4c(c[nH]c4c21)CC(CO)NC(=O)[C@H](C(C)C)N3C. The molecule has 1 unspecified atom stereocenters. The van der Waals surface area contributed by atoms with Crippen LogP contribution in [0.25, 0.3) is 10.9 Å². The van der Waals surface area contributed by atoms with E-state index in [0.717, 1.165) is 12.1 Å². The minimum atomic E-state index is -0.299. The summed E-state index contributed by atoms with van der Waals surface area (Å²) in [6.07, 6.45) is 6.19. The van der Waals surface area contributed by atoms with Crippen molar-refractivity contribution in [3.63, 3.8) is 0 Å². The van der Waals surface area contributed by atoms with Crippen LogP contribution in [0.5, 0.6) is 0 Å². The van der Waals surface area contributed by atoms with Gasteiger partial charge < -0.3 is 20.3 Å². The maximum absolute atomic E-state index is 13.3. The minimum absolute atomic E-state index is 0.00317. The minimum Gasteiger partial charge on any atom is -0.394 e. The number of anilines is 1. The average Bonchev–Trinajstić information content (AvgIpc) is 3.18. The molecule has 1 amide bonds. The summed E-state index contributed by atoms with van der Waals surface area (Å²) in [5.41, 5.74) is 6.65. The summed E-state index contributed by atoms with van der Waals surface area (Å²) < 4.78 is 0. The number of hydrogen-bond acceptors (Lipinski definition) is 3. The fourth-order valence-electron chi connectivity index (χ4n) is 6.42. The van der Waals surface area contributed by atoms with Crippen LogP contribution in [0, 0.1) is 11.8 Å². The number of H-pyrrole nitrogens is 1. The maximum atomic E-state index is 13.3. The van der Waals surface area contributed by atoms with Crippen LogP contribution in [0.4, 0.5) is 5.69 Å². The van der Waals surface area contributed by atoms with E-state index in [2.05, 4.69) is 83.0 Å². The smallest absolute Gasteiger partial charge is 0.243 e. The molecule has 5 heteroatoms. The van der Waals surface area contributed by atoms with E-state index in [0.29, 0.717) is 12.3 Å². The van der Waals surface area contributed by atoms with Crippen LogP contribution in [-0.2, 0) is 22.0 Å². The number of amides is 1. The highest BCUT2D eigenvalue weighted by Crippen LogP contribution is 2.54. The third-order valence-corrected chi connectivity index (χ3v) is 9.22. The second-order valence-corrected chi connectivity index (χ2v) is 11.8. The third kappa shape index (κ3) is 3.58. The zero-order valence-corrected chi connectivity index (χ0v) is 21.8. The summed E-state index contributed by atoms with van der Waals surface area (Å²) in [4.78, 5) is 19.2. The van der Waals surface area contributed by atoms with Crippen molar-refractivity contribution in [2.75, 3.05) is 18.6 Å². The molecule has 4 rings (SSSR count). The molecule has 1 aliphatic carbocycles. The molecule has 4 atom stereocenters. The first-order chi connectivity index (χ1) is 15.5. The molecule has 1 aromatic carbocycles. The van der Waals surface area contributed by atoms with Gasteiger partial charge in [-0.05, 0) is 71.1 Å². The van der Waals surface area contributed by atoms with Crippen molar-refractivity contribution < 1.29 is 9.90 Å². The second-order valence-electron chi connectivity index (χ2n) is 11.8. The number of nitrogens with one attached hydrogen (secondary N) is 2. The molecule has 0 spiro atoms. The molecule has 2 aromatic rings. The number of hydrogen-bond donors (Lipinski definition) is 3. The zero-order valence-electron chi connectivity index (χ0n) is 21.8. The van der Waals surface area contributed by atoms with E-state index in [-0.39, 0.29) is 41.3 Å². The van der Waals surface area contributed by atoms with Crippen molar-refractivity contribution in [1.29, 1.82) is 0 Å². The van der Waals surface area contributed by atoms with Crippen molar-refractivity contribution in [1.82, 2.24) is 10.3 Å². The van der Waals surface area contributed by atoms with Gasteiger partial charge in [-0.1, -0.05) is 48.5 Å². The molecule has 182 valence electrons. The lowest BCUT2D eigenvalue weighted by molar-refractivity contribution is -0.124. The van der Waals surface area contributed by atoms with Gasteiger partial charge in [0.05, 0.1) is 18.2 Å². The van der Waals surface area contributed by atoms with E-state index in [1.54, 1.807) is 0 Å². The second kappa shape index (κ2) is 8.33. The lowest BCUT2D eigenvalue weighted by atomic mass is 9.57. The first-order valence-electron chi connectivity index (χ1n) is 12.8. The summed E-state index contributed by atoms with van der Waals surface area (Å²) in [6, 6.07) is 1.84. The lowest BCUT2D eigenvalue weighted by Crippen LogP contribution is -2.52. The van der Waals surface area contributed by atoms with E-state index in [9.17, 15) is 9.90 Å². The Hall–Kier alpha value is -2.01. The highest BCUT2D eigenvalue weighted by Gasteiger charge is 2.45. The Morgan fingerprint density at radius 2 is 1.91 bits per heavy atom. The standard InChI is InChI=1S/C28H43N3O2/c1-9-27(6)10-11-28(7,17(4)5)20-13-21-22-18(14-29-24(22)23(20)27)12-19(15-32)30-26(33)25(16(2)3)31(21)8/h13-14,16-17,19,25,29,32H,9-12,15H2,1-8H3,(H,30,33)/t19?,25-,27-,28+/m0/s1. The predicted molar refractivity (Wildman–Crippen MR) is 137 cm³/mol. The zero-order chi connectivity index (χ0) is 24.3. The monoisotopic (exact) mass is 453 g/mol. The highest BCUT2D eigenvalue weighted by atomic mass is 16.3. The fourth-order valence-corrected chi connectivity index (χ4v) is 6.42. The van der Waals surface area contributed by atoms with E-state index in [1.807, 2.05) is 0 Å². The number of aliphatic hydroxyl groups excluding tert-OH is 1. The van der Waals surface area contributed by atoms with Crippen molar-refractivity contribution in [3.8, 4) is 0 Å². The van der Waals surface area contributed by atoms with Gasteiger partial charge in [0.1, 0.15) is 6.04 Å². The summed E-state index contributed by atoms with van der Waals surface area (Å²) in [5, 5.41) is 14.4. The molecule has 0 fully saturated rings. The molecule has 0 saturated heterocycles. The number of aromatic amines is 1. The Kier molecular flexibility index (Phi) is 6.09. The van der Waals surface area contributed by atoms with Crippen LogP contribution < -0.4 is 10.2 Å². The summed E-state index contributed by atoms with van der Waals surface area (Å²) >= 11 is 0. The number of nitrogens with zero attached hydrogens (tertiary/aromatic N) is 1. The first kappa shape index (κ1) is 24.1. The van der Waals surface area contributed by atoms with Gasteiger partial charge in [-0.2, -0.15) is 0 Å². The number of fused-ring (bicyclic) bond motifs is 2. The van der Waals surface area contributed by atoms with Crippen LogP contribution in [0.1, 0.15) is 84.4 Å². The molecular weight excluding hydrogens is 410 g/mol. The average molecular weight is 454 g/mol. The van der Waals surface area contributed by atoms with Crippen molar-refractivity contribution in [2.45, 2.75) is 97.1 Å². The van der Waals surface area contributed by atoms with Gasteiger partial charge in [-0.3, -0.25) is 4.79 Å². The van der Waals surface area contributed by atoms with Crippen LogP contribution in [0.3, 0.4) is 0 Å². The molecule has 0 saturated carbocycles. The Balaban J connectivity index is 2.10. The summed E-state index contributed by atoms with van der Waals surface area (Å²) in [7, 11) is 2.07. The van der Waals surface area contributed by atoms with Crippen molar-refractivity contribution >= 4 is 22.5 Å². The molecule has 2 heterocycles. The number of benzene rings is 1. The molecule has 3 N–H and O–H groups in total. The van der Waals surface area contributed by atoms with Gasteiger partial charge in [0.15, 0.2) is 0 Å². The first-order valence-corrected chi connectivity index (χ1v) is 12.8. The van der Waals surface area contributed by atoms with Crippen molar-refractivity contribution in [3.05, 3.63) is 29.0 Å². The van der Waals surface area contributed by atoms with Crippen LogP contribution in [0.2, 0.25) is 0 Å². The molecule has 5 nitrogen and oxygen atoms in total. The predicted octanol–water partition coefficient (Wildman–Crippen LogP) is 5.04. The van der Waals surface area contributed by atoms with Gasteiger partial charge in [-0.15, -0.1) is 0 Å². The topological polar surface area (TPSA) is 68.4 Å². The maximum Gasteiger partial charge on any atom is 0.243 e. The number of carbonyl (C=O) groups is 1. The molecule has 1 aromatic heterocycles. The van der Waals surface area contributed by atoms with Gasteiger partial charge >= 0.3 is 0 Å². The summed E-state index contributed by atoms with van der Waals surface area (Å²) in [5.74, 6) is 0.649. The molecular formula is C28H43N3O2. The molecule has 1 aliphatic heterocycles.